The highest BCUT2D eigenvalue weighted by atomic mass is 127. The van der Waals surface area contributed by atoms with Gasteiger partial charge in [0, 0.05) is 36.9 Å². The molecule has 0 bridgehead atoms. The van der Waals surface area contributed by atoms with E-state index in [0.29, 0.717) is 12.3 Å². The molecule has 1 aromatic carbocycles. The van der Waals surface area contributed by atoms with Crippen LogP contribution in [-0.4, -0.2) is 32.2 Å². The van der Waals surface area contributed by atoms with Crippen LogP contribution < -0.4 is 4.90 Å². The fraction of sp³-hybridized carbons (Fsp3) is 0.455. The maximum atomic E-state index is 11.0. The Morgan fingerprint density at radius 2 is 2.24 bits per heavy atom. The zero-order valence-electron chi connectivity index (χ0n) is 9.85. The van der Waals surface area contributed by atoms with E-state index in [2.05, 4.69) is 22.6 Å². The van der Waals surface area contributed by atoms with Crippen molar-refractivity contribution in [3.8, 4) is 0 Å². The third kappa shape index (κ3) is 4.12. The highest BCUT2D eigenvalue weighted by molar-refractivity contribution is 14.1. The van der Waals surface area contributed by atoms with E-state index in [9.17, 15) is 10.1 Å². The molecule has 17 heavy (non-hydrogen) atoms. The number of nitro benzene ring substituents is 1. The van der Waals surface area contributed by atoms with Crippen LogP contribution in [0.15, 0.2) is 18.2 Å². The Morgan fingerprint density at radius 3 is 2.82 bits per heavy atom. The van der Waals surface area contributed by atoms with Crippen molar-refractivity contribution in [1.82, 2.24) is 0 Å². The molecule has 0 aromatic heterocycles. The van der Waals surface area contributed by atoms with Crippen molar-refractivity contribution < 1.29 is 9.66 Å². The lowest BCUT2D eigenvalue weighted by atomic mass is 10.2. The van der Waals surface area contributed by atoms with Gasteiger partial charge in [-0.3, -0.25) is 10.1 Å². The zero-order chi connectivity index (χ0) is 12.8. The Morgan fingerprint density at radius 1 is 1.53 bits per heavy atom. The number of rotatable bonds is 6. The quantitative estimate of drug-likeness (QED) is 0.343. The Bertz CT molecular complexity index is 398. The predicted octanol–water partition coefficient (Wildman–Crippen LogP) is 2.67. The van der Waals surface area contributed by atoms with E-state index in [1.165, 1.54) is 0 Å². The molecule has 1 aromatic rings. The monoisotopic (exact) mass is 350 g/mol. The SMILES string of the molecule is COCCCN(C)c1ccc(I)cc1[N+](=O)[O-]. The smallest absolute Gasteiger partial charge is 0.293 e. The van der Waals surface area contributed by atoms with Gasteiger partial charge in [0.1, 0.15) is 5.69 Å². The maximum Gasteiger partial charge on any atom is 0.293 e. The first-order valence-corrected chi connectivity index (χ1v) is 6.28. The molecule has 6 heteroatoms. The van der Waals surface area contributed by atoms with E-state index in [4.69, 9.17) is 4.74 Å². The number of hydrogen-bond acceptors (Lipinski definition) is 4. The molecule has 0 N–H and O–H groups in total. The zero-order valence-corrected chi connectivity index (χ0v) is 12.0. The van der Waals surface area contributed by atoms with Crippen molar-refractivity contribution in [3.63, 3.8) is 0 Å². The second-order valence-corrected chi connectivity index (χ2v) is 4.90. The topological polar surface area (TPSA) is 55.6 Å². The first kappa shape index (κ1) is 14.2. The van der Waals surface area contributed by atoms with E-state index in [1.807, 2.05) is 18.0 Å². The van der Waals surface area contributed by atoms with Crippen LogP contribution in [0.25, 0.3) is 0 Å². The Labute approximate surface area is 114 Å². The van der Waals surface area contributed by atoms with Crippen LogP contribution in [0.2, 0.25) is 0 Å². The molecule has 0 aliphatic carbocycles. The Hall–Kier alpha value is -0.890. The fourth-order valence-corrected chi connectivity index (χ4v) is 2.01. The second kappa shape index (κ2) is 6.75. The molecular weight excluding hydrogens is 335 g/mol. The number of benzene rings is 1. The van der Waals surface area contributed by atoms with E-state index in [1.54, 1.807) is 19.2 Å². The maximum absolute atomic E-state index is 11.0. The standard InChI is InChI=1S/C11H15IN2O3/c1-13(6-3-7-17-2)10-5-4-9(12)8-11(10)14(15)16/h4-5,8H,3,6-7H2,1-2H3. The Kier molecular flexibility index (Phi) is 5.63. The van der Waals surface area contributed by atoms with Gasteiger partial charge in [-0.15, -0.1) is 0 Å². The van der Waals surface area contributed by atoms with Crippen molar-refractivity contribution >= 4 is 34.0 Å². The van der Waals surface area contributed by atoms with Crippen molar-refractivity contribution in [2.45, 2.75) is 6.42 Å². The summed E-state index contributed by atoms with van der Waals surface area (Å²) in [6.07, 6.45) is 0.843. The van der Waals surface area contributed by atoms with E-state index >= 15 is 0 Å². The normalized spacial score (nSPS) is 10.3. The molecule has 1 rings (SSSR count). The molecule has 0 spiro atoms. The lowest BCUT2D eigenvalue weighted by Crippen LogP contribution is -2.20. The van der Waals surface area contributed by atoms with Crippen molar-refractivity contribution in [2.24, 2.45) is 0 Å². The number of nitrogens with zero attached hydrogens (tertiary/aromatic N) is 2. The average molecular weight is 350 g/mol. The lowest BCUT2D eigenvalue weighted by Gasteiger charge is -2.18. The third-order valence-electron chi connectivity index (χ3n) is 2.39. The molecule has 0 saturated carbocycles. The minimum Gasteiger partial charge on any atom is -0.385 e. The van der Waals surface area contributed by atoms with Gasteiger partial charge in [0.25, 0.3) is 5.69 Å². The first-order chi connectivity index (χ1) is 8.06. The van der Waals surface area contributed by atoms with Gasteiger partial charge in [0.2, 0.25) is 0 Å². The van der Waals surface area contributed by atoms with Crippen LogP contribution in [0.5, 0.6) is 0 Å². The summed E-state index contributed by atoms with van der Waals surface area (Å²) in [4.78, 5) is 12.5. The van der Waals surface area contributed by atoms with Gasteiger partial charge in [-0.25, -0.2) is 0 Å². The van der Waals surface area contributed by atoms with Gasteiger partial charge in [0.15, 0.2) is 0 Å². The van der Waals surface area contributed by atoms with Crippen molar-refractivity contribution in [1.29, 1.82) is 0 Å². The van der Waals surface area contributed by atoms with Gasteiger partial charge >= 0.3 is 0 Å². The number of nitro groups is 1. The van der Waals surface area contributed by atoms with Crippen molar-refractivity contribution in [3.05, 3.63) is 31.9 Å². The van der Waals surface area contributed by atoms with Crippen LogP contribution in [0.1, 0.15) is 6.42 Å². The summed E-state index contributed by atoms with van der Waals surface area (Å²) in [5, 5.41) is 11.0. The fourth-order valence-electron chi connectivity index (χ4n) is 1.53. The summed E-state index contributed by atoms with van der Waals surface area (Å²) < 4.78 is 5.83. The Balaban J connectivity index is 2.84. The molecule has 0 atom stereocenters. The second-order valence-electron chi connectivity index (χ2n) is 3.66. The third-order valence-corrected chi connectivity index (χ3v) is 3.06. The van der Waals surface area contributed by atoms with Crippen LogP contribution in [0.4, 0.5) is 11.4 Å². The summed E-state index contributed by atoms with van der Waals surface area (Å²) >= 11 is 2.07. The summed E-state index contributed by atoms with van der Waals surface area (Å²) in [6, 6.07) is 5.24. The van der Waals surface area contributed by atoms with Crippen LogP contribution in [-0.2, 0) is 4.74 Å². The highest BCUT2D eigenvalue weighted by Gasteiger charge is 2.17. The van der Waals surface area contributed by atoms with Gasteiger partial charge in [-0.1, -0.05) is 0 Å². The number of halogens is 1. The van der Waals surface area contributed by atoms with Gasteiger partial charge in [0.05, 0.1) is 4.92 Å². The number of methoxy groups -OCH3 is 1. The molecular formula is C11H15IN2O3. The lowest BCUT2D eigenvalue weighted by molar-refractivity contribution is -0.384. The molecule has 0 amide bonds. The van der Waals surface area contributed by atoms with Crippen LogP contribution in [0, 0.1) is 13.7 Å². The van der Waals surface area contributed by atoms with Gasteiger partial charge in [-0.2, -0.15) is 0 Å². The molecule has 0 aliphatic rings. The predicted molar refractivity (Wildman–Crippen MR) is 75.6 cm³/mol. The van der Waals surface area contributed by atoms with Crippen LogP contribution in [0.3, 0.4) is 0 Å². The van der Waals surface area contributed by atoms with E-state index in [0.717, 1.165) is 16.5 Å². The molecule has 0 fully saturated rings. The summed E-state index contributed by atoms with van der Waals surface area (Å²) in [5.74, 6) is 0. The minimum absolute atomic E-state index is 0.150. The molecule has 0 radical (unpaired) electrons. The molecule has 0 aliphatic heterocycles. The average Bonchev–Trinajstić information content (AvgIpc) is 2.29. The summed E-state index contributed by atoms with van der Waals surface area (Å²) in [7, 11) is 3.50. The minimum atomic E-state index is -0.343. The molecule has 5 nitrogen and oxygen atoms in total. The number of hydrogen-bond donors (Lipinski definition) is 0. The van der Waals surface area contributed by atoms with E-state index in [-0.39, 0.29) is 10.6 Å². The number of anilines is 1. The summed E-state index contributed by atoms with van der Waals surface area (Å²) in [5.41, 5.74) is 0.795. The largest absolute Gasteiger partial charge is 0.385 e. The van der Waals surface area contributed by atoms with Crippen molar-refractivity contribution in [2.75, 3.05) is 32.2 Å². The van der Waals surface area contributed by atoms with Gasteiger partial charge < -0.3 is 9.64 Å². The molecule has 0 heterocycles. The van der Waals surface area contributed by atoms with Crippen LogP contribution >= 0.6 is 22.6 Å². The first-order valence-electron chi connectivity index (χ1n) is 5.20. The van der Waals surface area contributed by atoms with E-state index < -0.39 is 0 Å². The highest BCUT2D eigenvalue weighted by Crippen LogP contribution is 2.29. The summed E-state index contributed by atoms with van der Waals surface area (Å²) in [6.45, 7) is 1.39. The molecule has 0 saturated heterocycles. The van der Waals surface area contributed by atoms with Gasteiger partial charge in [-0.05, 0) is 41.1 Å². The molecule has 94 valence electrons. The molecule has 0 unspecified atom stereocenters. The number of ether oxygens (including phenoxy) is 1.